The van der Waals surface area contributed by atoms with Crippen LogP contribution in [0.4, 0.5) is 0 Å². The van der Waals surface area contributed by atoms with Gasteiger partial charge < -0.3 is 9.47 Å². The van der Waals surface area contributed by atoms with E-state index in [0.29, 0.717) is 41.1 Å². The molecule has 0 unspecified atom stereocenters. The molecule has 1 fully saturated rings. The SMILES string of the molecule is COCCOC(=O)C1=C(C)N=C2SCCC(=O)N2[C@H]1c1ccc(C(C)C)cc1. The first-order valence-corrected chi connectivity index (χ1v) is 10.4. The molecule has 0 N–H and O–H groups in total. The Morgan fingerprint density at radius 3 is 2.64 bits per heavy atom. The highest BCUT2D eigenvalue weighted by Gasteiger charge is 2.41. The van der Waals surface area contributed by atoms with Crippen LogP contribution in [0.1, 0.15) is 50.3 Å². The van der Waals surface area contributed by atoms with Gasteiger partial charge in [0.2, 0.25) is 5.91 Å². The maximum Gasteiger partial charge on any atom is 0.338 e. The van der Waals surface area contributed by atoms with Gasteiger partial charge in [-0.25, -0.2) is 9.79 Å². The first kappa shape index (κ1) is 20.6. The van der Waals surface area contributed by atoms with Gasteiger partial charge in [0.05, 0.1) is 23.9 Å². The van der Waals surface area contributed by atoms with Crippen molar-refractivity contribution in [2.75, 3.05) is 26.1 Å². The Bertz CT molecular complexity index is 814. The van der Waals surface area contributed by atoms with Crippen LogP contribution >= 0.6 is 11.8 Å². The van der Waals surface area contributed by atoms with Crippen LogP contribution < -0.4 is 0 Å². The number of allylic oxidation sites excluding steroid dienone is 1. The zero-order valence-electron chi connectivity index (χ0n) is 16.7. The van der Waals surface area contributed by atoms with Crippen LogP contribution in [0.5, 0.6) is 0 Å². The maximum absolute atomic E-state index is 12.9. The topological polar surface area (TPSA) is 68.2 Å². The number of rotatable bonds is 6. The van der Waals surface area contributed by atoms with Crippen molar-refractivity contribution in [2.45, 2.75) is 39.2 Å². The van der Waals surface area contributed by atoms with E-state index in [9.17, 15) is 9.59 Å². The summed E-state index contributed by atoms with van der Waals surface area (Å²) in [4.78, 5) is 31.8. The van der Waals surface area contributed by atoms with E-state index in [1.165, 1.54) is 5.56 Å². The summed E-state index contributed by atoms with van der Waals surface area (Å²) in [6.07, 6.45) is 0.426. The lowest BCUT2D eigenvalue weighted by Crippen LogP contribution is -2.45. The summed E-state index contributed by atoms with van der Waals surface area (Å²) in [5.41, 5.74) is 3.09. The van der Waals surface area contributed by atoms with Gasteiger partial charge in [-0.2, -0.15) is 0 Å². The van der Waals surface area contributed by atoms with Crippen LogP contribution in [-0.2, 0) is 19.1 Å². The van der Waals surface area contributed by atoms with Crippen molar-refractivity contribution in [3.8, 4) is 0 Å². The zero-order chi connectivity index (χ0) is 20.3. The van der Waals surface area contributed by atoms with Gasteiger partial charge in [0, 0.05) is 19.3 Å². The number of aliphatic imine (C=N–C) groups is 1. The van der Waals surface area contributed by atoms with E-state index in [1.54, 1.807) is 30.7 Å². The van der Waals surface area contributed by atoms with E-state index in [0.717, 1.165) is 5.56 Å². The summed E-state index contributed by atoms with van der Waals surface area (Å²) < 4.78 is 10.4. The molecular formula is C21H26N2O4S. The largest absolute Gasteiger partial charge is 0.460 e. The predicted octanol–water partition coefficient (Wildman–Crippen LogP) is 3.65. The minimum Gasteiger partial charge on any atom is -0.460 e. The average molecular weight is 403 g/mol. The molecule has 7 heteroatoms. The second-order valence-electron chi connectivity index (χ2n) is 7.11. The van der Waals surface area contributed by atoms with Crippen LogP contribution in [0.2, 0.25) is 0 Å². The highest BCUT2D eigenvalue weighted by molar-refractivity contribution is 8.14. The third-order valence-electron chi connectivity index (χ3n) is 4.87. The van der Waals surface area contributed by atoms with E-state index < -0.39 is 12.0 Å². The minimum atomic E-state index is -0.524. The number of carbonyl (C=O) groups is 2. The second-order valence-corrected chi connectivity index (χ2v) is 8.17. The molecule has 28 heavy (non-hydrogen) atoms. The van der Waals surface area contributed by atoms with Crippen molar-refractivity contribution in [1.29, 1.82) is 0 Å². The van der Waals surface area contributed by atoms with Gasteiger partial charge in [0.25, 0.3) is 0 Å². The third-order valence-corrected chi connectivity index (χ3v) is 5.82. The van der Waals surface area contributed by atoms with Crippen molar-refractivity contribution >= 4 is 28.8 Å². The molecule has 1 aromatic rings. The molecule has 2 aliphatic rings. The molecule has 1 amide bonds. The number of hydrogen-bond donors (Lipinski definition) is 0. The summed E-state index contributed by atoms with van der Waals surface area (Å²) in [5.74, 6) is 0.623. The smallest absolute Gasteiger partial charge is 0.338 e. The van der Waals surface area contributed by atoms with Crippen molar-refractivity contribution in [1.82, 2.24) is 4.90 Å². The van der Waals surface area contributed by atoms with Gasteiger partial charge in [-0.1, -0.05) is 49.9 Å². The highest BCUT2D eigenvalue weighted by atomic mass is 32.2. The number of hydrogen-bond acceptors (Lipinski definition) is 6. The monoisotopic (exact) mass is 402 g/mol. The Hall–Kier alpha value is -2.12. The lowest BCUT2D eigenvalue weighted by molar-refractivity contribution is -0.141. The number of fused-ring (bicyclic) bond motifs is 1. The van der Waals surface area contributed by atoms with Gasteiger partial charge in [0.15, 0.2) is 5.17 Å². The van der Waals surface area contributed by atoms with Crippen LogP contribution in [0.15, 0.2) is 40.5 Å². The van der Waals surface area contributed by atoms with E-state index in [-0.39, 0.29) is 12.5 Å². The van der Waals surface area contributed by atoms with Gasteiger partial charge >= 0.3 is 5.97 Å². The molecule has 6 nitrogen and oxygen atoms in total. The normalized spacial score (nSPS) is 19.6. The fourth-order valence-electron chi connectivity index (χ4n) is 3.33. The zero-order valence-corrected chi connectivity index (χ0v) is 17.5. The average Bonchev–Trinajstić information content (AvgIpc) is 2.67. The summed E-state index contributed by atoms with van der Waals surface area (Å²) in [6.45, 7) is 6.54. The molecule has 0 saturated carbocycles. The number of benzene rings is 1. The van der Waals surface area contributed by atoms with Crippen LogP contribution in [0, 0.1) is 0 Å². The van der Waals surface area contributed by atoms with Crippen molar-refractivity contribution in [3.05, 3.63) is 46.7 Å². The van der Waals surface area contributed by atoms with Crippen LogP contribution in [0.25, 0.3) is 0 Å². The number of carbonyl (C=O) groups excluding carboxylic acids is 2. The Kier molecular flexibility index (Phi) is 6.57. The Balaban J connectivity index is 2.03. The standard InChI is InChI=1S/C21H26N2O4S/c1-13(2)15-5-7-16(8-6-15)19-18(20(25)27-11-10-26-4)14(3)22-21-23(19)17(24)9-12-28-21/h5-8,13,19H,9-12H2,1-4H3/t19-/m0/s1. The number of nitrogens with zero attached hydrogens (tertiary/aromatic N) is 2. The predicted molar refractivity (Wildman–Crippen MR) is 110 cm³/mol. The van der Waals surface area contributed by atoms with E-state index >= 15 is 0 Å². The molecular weight excluding hydrogens is 376 g/mol. The van der Waals surface area contributed by atoms with Gasteiger partial charge in [-0.05, 0) is 24.0 Å². The van der Waals surface area contributed by atoms with E-state index in [1.807, 2.05) is 12.1 Å². The fraction of sp³-hybridized carbons (Fsp3) is 0.476. The number of amidine groups is 1. The first-order valence-electron chi connectivity index (χ1n) is 9.44. The molecule has 2 aliphatic heterocycles. The molecule has 0 aliphatic carbocycles. The Morgan fingerprint density at radius 1 is 1.29 bits per heavy atom. The van der Waals surface area contributed by atoms with Crippen molar-refractivity contribution in [2.24, 2.45) is 4.99 Å². The molecule has 0 bridgehead atoms. The number of ether oxygens (including phenoxy) is 2. The molecule has 0 spiro atoms. The number of thioether (sulfide) groups is 1. The van der Waals surface area contributed by atoms with Crippen LogP contribution in [-0.4, -0.2) is 48.0 Å². The first-order chi connectivity index (χ1) is 13.4. The number of methoxy groups -OCH3 is 1. The molecule has 1 aromatic carbocycles. The van der Waals surface area contributed by atoms with Gasteiger partial charge in [0.1, 0.15) is 6.61 Å². The molecule has 3 rings (SSSR count). The van der Waals surface area contributed by atoms with E-state index in [4.69, 9.17) is 9.47 Å². The number of esters is 1. The maximum atomic E-state index is 12.9. The highest BCUT2D eigenvalue weighted by Crippen LogP contribution is 2.40. The van der Waals surface area contributed by atoms with Gasteiger partial charge in [-0.15, -0.1) is 0 Å². The lowest BCUT2D eigenvalue weighted by Gasteiger charge is -2.39. The molecule has 2 heterocycles. The molecule has 1 atom stereocenters. The third kappa shape index (κ3) is 4.15. The summed E-state index contributed by atoms with van der Waals surface area (Å²) in [5, 5.41) is 0.653. The fourth-order valence-corrected chi connectivity index (χ4v) is 4.34. The Labute approximate surface area is 170 Å². The summed E-state index contributed by atoms with van der Waals surface area (Å²) in [6, 6.07) is 7.56. The van der Waals surface area contributed by atoms with Crippen molar-refractivity contribution < 1.29 is 19.1 Å². The molecule has 1 saturated heterocycles. The Morgan fingerprint density at radius 2 is 2.00 bits per heavy atom. The van der Waals surface area contributed by atoms with Crippen LogP contribution in [0.3, 0.4) is 0 Å². The molecule has 0 radical (unpaired) electrons. The lowest BCUT2D eigenvalue weighted by atomic mass is 9.92. The summed E-state index contributed by atoms with van der Waals surface area (Å²) >= 11 is 1.55. The second kappa shape index (κ2) is 8.92. The van der Waals surface area contributed by atoms with Gasteiger partial charge in [-0.3, -0.25) is 9.69 Å². The molecule has 150 valence electrons. The summed E-state index contributed by atoms with van der Waals surface area (Å²) in [7, 11) is 1.55. The number of amides is 1. The quantitative estimate of drug-likeness (QED) is 0.537. The molecule has 0 aromatic heterocycles. The minimum absolute atomic E-state index is 0.0230. The van der Waals surface area contributed by atoms with E-state index in [2.05, 4.69) is 31.0 Å². The van der Waals surface area contributed by atoms with Crippen molar-refractivity contribution in [3.63, 3.8) is 0 Å².